The average Bonchev–Trinajstić information content (AvgIpc) is 3.29. The monoisotopic (exact) mass is 506 g/mol. The highest BCUT2D eigenvalue weighted by Gasteiger charge is 2.28. The topological polar surface area (TPSA) is 73.1 Å². The summed E-state index contributed by atoms with van der Waals surface area (Å²) in [6.07, 6.45) is 4.23. The van der Waals surface area contributed by atoms with Gasteiger partial charge in [0.1, 0.15) is 5.76 Å². The number of para-hydroxylation sites is 1. The summed E-state index contributed by atoms with van der Waals surface area (Å²) in [7, 11) is 0. The fourth-order valence-corrected chi connectivity index (χ4v) is 4.99. The van der Waals surface area contributed by atoms with E-state index in [9.17, 15) is 0 Å². The molecule has 0 spiro atoms. The predicted octanol–water partition coefficient (Wildman–Crippen LogP) is 7.94. The van der Waals surface area contributed by atoms with Crippen molar-refractivity contribution in [2.75, 3.05) is 11.1 Å². The third-order valence-electron chi connectivity index (χ3n) is 5.98. The van der Waals surface area contributed by atoms with Crippen molar-refractivity contribution in [2.24, 2.45) is 0 Å². The van der Waals surface area contributed by atoms with Gasteiger partial charge >= 0.3 is 0 Å². The predicted molar refractivity (Wildman–Crippen MR) is 141 cm³/mol. The van der Waals surface area contributed by atoms with Crippen LogP contribution >= 0.6 is 23.4 Å². The maximum absolute atomic E-state index is 6.36. The van der Waals surface area contributed by atoms with Crippen molar-refractivity contribution in [3.05, 3.63) is 70.9 Å². The third-order valence-corrected chi connectivity index (χ3v) is 7.31. The van der Waals surface area contributed by atoms with E-state index in [4.69, 9.17) is 25.7 Å². The van der Waals surface area contributed by atoms with Gasteiger partial charge in [0.15, 0.2) is 11.5 Å². The molecule has 0 amide bonds. The number of anilines is 1. The molecule has 0 fully saturated rings. The van der Waals surface area contributed by atoms with Gasteiger partial charge in [-0.15, -0.1) is 10.2 Å². The van der Waals surface area contributed by atoms with Crippen LogP contribution in [0.1, 0.15) is 50.2 Å². The van der Waals surface area contributed by atoms with Gasteiger partial charge in [0.25, 0.3) is 0 Å². The molecule has 4 aromatic rings. The van der Waals surface area contributed by atoms with E-state index in [1.165, 1.54) is 19.3 Å². The van der Waals surface area contributed by atoms with Gasteiger partial charge < -0.3 is 14.5 Å². The van der Waals surface area contributed by atoms with E-state index in [1.54, 1.807) is 11.8 Å². The summed E-state index contributed by atoms with van der Waals surface area (Å²) in [5.41, 5.74) is 4.30. The molecular weight excluding hydrogens is 480 g/mol. The zero-order valence-corrected chi connectivity index (χ0v) is 21.3. The van der Waals surface area contributed by atoms with Gasteiger partial charge in [0.05, 0.1) is 0 Å². The van der Waals surface area contributed by atoms with E-state index in [1.807, 2.05) is 61.5 Å². The van der Waals surface area contributed by atoms with Crippen LogP contribution in [0.4, 0.5) is 5.69 Å². The Bertz CT molecular complexity index is 1330. The minimum Gasteiger partial charge on any atom is -0.455 e. The smallest absolute Gasteiger partial charge is 0.247 e. The SMILES string of the molecule is CCCCCCSc1nnc2c(n1)O[C@H](c1ccc(-c3cccc(Cl)c3C)o1)Nc1ccccc1-2. The molecule has 2 aromatic heterocycles. The van der Waals surface area contributed by atoms with Crippen molar-refractivity contribution in [3.8, 4) is 28.5 Å². The molecule has 1 aliphatic rings. The van der Waals surface area contributed by atoms with E-state index >= 15 is 0 Å². The molecule has 5 rings (SSSR count). The molecule has 0 unspecified atom stereocenters. The zero-order valence-electron chi connectivity index (χ0n) is 19.8. The van der Waals surface area contributed by atoms with Crippen molar-refractivity contribution in [1.82, 2.24) is 15.2 Å². The largest absolute Gasteiger partial charge is 0.455 e. The van der Waals surface area contributed by atoms with Crippen molar-refractivity contribution >= 4 is 29.1 Å². The summed E-state index contributed by atoms with van der Waals surface area (Å²) in [6, 6.07) is 17.6. The van der Waals surface area contributed by atoms with Crippen LogP contribution in [0, 0.1) is 6.92 Å². The Morgan fingerprint density at radius 1 is 0.971 bits per heavy atom. The average molecular weight is 507 g/mol. The van der Waals surface area contributed by atoms with E-state index < -0.39 is 6.23 Å². The first-order valence-corrected chi connectivity index (χ1v) is 13.3. The lowest BCUT2D eigenvalue weighted by Gasteiger charge is -2.17. The molecule has 0 bridgehead atoms. The third kappa shape index (κ3) is 5.16. The lowest BCUT2D eigenvalue weighted by Crippen LogP contribution is -2.16. The molecule has 8 heteroatoms. The fourth-order valence-electron chi connectivity index (χ4n) is 4.04. The molecule has 0 aliphatic carbocycles. The van der Waals surface area contributed by atoms with Gasteiger partial charge in [0, 0.05) is 27.6 Å². The van der Waals surface area contributed by atoms with Gasteiger partial charge in [-0.25, -0.2) is 0 Å². The van der Waals surface area contributed by atoms with Crippen LogP contribution in [-0.4, -0.2) is 20.9 Å². The maximum Gasteiger partial charge on any atom is 0.247 e. The number of nitrogens with one attached hydrogen (secondary N) is 1. The van der Waals surface area contributed by atoms with Crippen LogP contribution in [0.3, 0.4) is 0 Å². The lowest BCUT2D eigenvalue weighted by molar-refractivity contribution is 0.196. The molecular formula is C27H27ClN4O2S. The van der Waals surface area contributed by atoms with Crippen molar-refractivity contribution in [2.45, 2.75) is 50.9 Å². The highest BCUT2D eigenvalue weighted by atomic mass is 35.5. The normalized spacial score (nSPS) is 14.4. The number of unbranched alkanes of at least 4 members (excludes halogenated alkanes) is 3. The molecule has 180 valence electrons. The van der Waals surface area contributed by atoms with Crippen LogP contribution in [0.2, 0.25) is 5.02 Å². The summed E-state index contributed by atoms with van der Waals surface area (Å²) >= 11 is 7.94. The number of fused-ring (bicyclic) bond motifs is 3. The number of benzene rings is 2. The van der Waals surface area contributed by atoms with Crippen LogP contribution in [0.5, 0.6) is 5.88 Å². The Morgan fingerprint density at radius 2 is 1.83 bits per heavy atom. The summed E-state index contributed by atoms with van der Waals surface area (Å²) in [5.74, 6) is 2.76. The first-order chi connectivity index (χ1) is 17.1. The molecule has 1 atom stereocenters. The Hall–Kier alpha value is -3.03. The second-order valence-corrected chi connectivity index (χ2v) is 9.93. The molecule has 0 radical (unpaired) electrons. The van der Waals surface area contributed by atoms with Crippen LogP contribution < -0.4 is 10.1 Å². The minimum absolute atomic E-state index is 0.440. The van der Waals surface area contributed by atoms with Gasteiger partial charge in [-0.1, -0.05) is 79.9 Å². The van der Waals surface area contributed by atoms with E-state index in [-0.39, 0.29) is 0 Å². The standard InChI is InChI=1S/C27H27ClN4O2S/c1-3-4-5-8-16-35-27-30-26-24(31-32-27)19-10-6-7-13-21(19)29-25(34-26)23-15-14-22(33-23)18-11-9-12-20(28)17(18)2/h6-7,9-15,25,29H,3-5,8,16H2,1-2H3/t25-/m1/s1. The summed E-state index contributed by atoms with van der Waals surface area (Å²) in [4.78, 5) is 4.72. The number of hydrogen-bond acceptors (Lipinski definition) is 7. The Morgan fingerprint density at radius 3 is 2.71 bits per heavy atom. The maximum atomic E-state index is 6.36. The Balaban J connectivity index is 1.44. The van der Waals surface area contributed by atoms with E-state index in [0.29, 0.717) is 27.5 Å². The second kappa shape index (κ2) is 10.7. The summed E-state index contributed by atoms with van der Waals surface area (Å²) in [6.45, 7) is 4.20. The molecule has 0 saturated heterocycles. The van der Waals surface area contributed by atoms with Gasteiger partial charge in [-0.05, 0) is 43.2 Å². The van der Waals surface area contributed by atoms with E-state index in [2.05, 4.69) is 22.4 Å². The first-order valence-electron chi connectivity index (χ1n) is 11.9. The van der Waals surface area contributed by atoms with Crippen LogP contribution in [0.25, 0.3) is 22.6 Å². The van der Waals surface area contributed by atoms with Crippen molar-refractivity contribution in [1.29, 1.82) is 0 Å². The van der Waals surface area contributed by atoms with Crippen LogP contribution in [-0.2, 0) is 0 Å². The number of ether oxygens (including phenoxy) is 1. The van der Waals surface area contributed by atoms with Crippen molar-refractivity contribution in [3.63, 3.8) is 0 Å². The zero-order chi connectivity index (χ0) is 24.2. The highest BCUT2D eigenvalue weighted by molar-refractivity contribution is 7.99. The molecule has 2 aromatic carbocycles. The highest BCUT2D eigenvalue weighted by Crippen LogP contribution is 2.40. The molecule has 6 nitrogen and oxygen atoms in total. The quantitative estimate of drug-likeness (QED) is 0.192. The number of rotatable bonds is 8. The molecule has 0 saturated carbocycles. The van der Waals surface area contributed by atoms with Gasteiger partial charge in [0.2, 0.25) is 17.3 Å². The molecule has 35 heavy (non-hydrogen) atoms. The van der Waals surface area contributed by atoms with Crippen LogP contribution in [0.15, 0.2) is 64.2 Å². The number of aromatic nitrogens is 3. The number of furan rings is 1. The molecule has 1 aliphatic heterocycles. The number of hydrogen-bond donors (Lipinski definition) is 1. The van der Waals surface area contributed by atoms with E-state index in [0.717, 1.165) is 40.3 Å². The summed E-state index contributed by atoms with van der Waals surface area (Å²) in [5, 5.41) is 13.6. The molecule has 3 heterocycles. The minimum atomic E-state index is -0.579. The summed E-state index contributed by atoms with van der Waals surface area (Å²) < 4.78 is 12.6. The Kier molecular flexibility index (Phi) is 7.25. The number of nitrogens with zero attached hydrogens (tertiary/aromatic N) is 3. The van der Waals surface area contributed by atoms with Crippen molar-refractivity contribution < 1.29 is 9.15 Å². The number of halogens is 1. The van der Waals surface area contributed by atoms with Gasteiger partial charge in [-0.3, -0.25) is 0 Å². The van der Waals surface area contributed by atoms with Gasteiger partial charge in [-0.2, -0.15) is 4.98 Å². The molecule has 1 N–H and O–H groups in total. The Labute approximate surface area is 214 Å². The number of thioether (sulfide) groups is 1. The first kappa shape index (κ1) is 23.7. The fraction of sp³-hybridized carbons (Fsp3) is 0.296. The second-order valence-electron chi connectivity index (χ2n) is 8.46. The lowest BCUT2D eigenvalue weighted by atomic mass is 10.1.